The molecule has 0 spiro atoms. The van der Waals surface area contributed by atoms with Gasteiger partial charge in [0.15, 0.2) is 0 Å². The molecule has 0 atom stereocenters. The molecule has 2 aromatic rings. The zero-order chi connectivity index (χ0) is 17.8. The second kappa shape index (κ2) is 7.45. The Kier molecular flexibility index (Phi) is 5.11. The van der Waals surface area contributed by atoms with Crippen molar-refractivity contribution in [1.82, 2.24) is 4.90 Å². The average molecular weight is 355 g/mol. The third kappa shape index (κ3) is 3.86. The van der Waals surface area contributed by atoms with Crippen molar-refractivity contribution in [2.75, 3.05) is 36.4 Å². The van der Waals surface area contributed by atoms with Gasteiger partial charge >= 0.3 is 6.03 Å². The van der Waals surface area contributed by atoms with E-state index in [9.17, 15) is 10.1 Å². The van der Waals surface area contributed by atoms with E-state index in [2.05, 4.69) is 16.3 Å². The van der Waals surface area contributed by atoms with Crippen molar-refractivity contribution in [2.45, 2.75) is 6.92 Å². The molecule has 0 unspecified atom stereocenters. The van der Waals surface area contributed by atoms with Crippen LogP contribution in [0.3, 0.4) is 0 Å². The van der Waals surface area contributed by atoms with E-state index in [1.807, 2.05) is 43.3 Å². The lowest BCUT2D eigenvalue weighted by Crippen LogP contribution is -2.50. The van der Waals surface area contributed by atoms with Gasteiger partial charge in [0.2, 0.25) is 0 Å². The summed E-state index contributed by atoms with van der Waals surface area (Å²) in [6.07, 6.45) is 0. The SMILES string of the molecule is Cc1ccc(NC(=O)N2CCN(c3ccccc3C#N)CC2)cc1Cl. The lowest BCUT2D eigenvalue weighted by Gasteiger charge is -2.36. The molecule has 0 saturated carbocycles. The van der Waals surface area contributed by atoms with E-state index >= 15 is 0 Å². The molecule has 128 valence electrons. The first kappa shape index (κ1) is 17.1. The highest BCUT2D eigenvalue weighted by Gasteiger charge is 2.22. The fraction of sp³-hybridized carbons (Fsp3) is 0.263. The fourth-order valence-corrected chi connectivity index (χ4v) is 3.05. The Morgan fingerprint density at radius 2 is 1.88 bits per heavy atom. The summed E-state index contributed by atoms with van der Waals surface area (Å²) in [5.41, 5.74) is 3.26. The van der Waals surface area contributed by atoms with Gasteiger partial charge in [-0.25, -0.2) is 4.79 Å². The number of para-hydroxylation sites is 1. The van der Waals surface area contributed by atoms with Crippen molar-refractivity contribution in [1.29, 1.82) is 5.26 Å². The number of nitrogens with one attached hydrogen (secondary N) is 1. The molecule has 0 aromatic heterocycles. The van der Waals surface area contributed by atoms with Crippen molar-refractivity contribution in [2.24, 2.45) is 0 Å². The van der Waals surface area contributed by atoms with Gasteiger partial charge in [0.05, 0.1) is 11.3 Å². The van der Waals surface area contributed by atoms with E-state index in [1.54, 1.807) is 11.0 Å². The van der Waals surface area contributed by atoms with Gasteiger partial charge < -0.3 is 15.1 Å². The summed E-state index contributed by atoms with van der Waals surface area (Å²) in [5, 5.41) is 12.8. The minimum atomic E-state index is -0.131. The number of urea groups is 1. The zero-order valence-electron chi connectivity index (χ0n) is 14.0. The quantitative estimate of drug-likeness (QED) is 0.890. The summed E-state index contributed by atoms with van der Waals surface area (Å²) in [5.74, 6) is 0. The van der Waals surface area contributed by atoms with E-state index in [-0.39, 0.29) is 6.03 Å². The minimum absolute atomic E-state index is 0.131. The molecule has 25 heavy (non-hydrogen) atoms. The number of benzene rings is 2. The molecular weight excluding hydrogens is 336 g/mol. The van der Waals surface area contributed by atoms with Crippen molar-refractivity contribution in [3.05, 3.63) is 58.6 Å². The first-order valence-corrected chi connectivity index (χ1v) is 8.52. The average Bonchev–Trinajstić information content (AvgIpc) is 2.65. The second-order valence-electron chi connectivity index (χ2n) is 6.00. The van der Waals surface area contributed by atoms with E-state index in [0.29, 0.717) is 42.5 Å². The van der Waals surface area contributed by atoms with Gasteiger partial charge in [0.25, 0.3) is 0 Å². The number of carbonyl (C=O) groups excluding carboxylic acids is 1. The van der Waals surface area contributed by atoms with Crippen LogP contribution in [0.4, 0.5) is 16.2 Å². The number of piperazine rings is 1. The Bertz CT molecular complexity index is 822. The summed E-state index contributed by atoms with van der Waals surface area (Å²) < 4.78 is 0. The summed E-state index contributed by atoms with van der Waals surface area (Å²) in [6.45, 7) is 4.52. The molecule has 1 fully saturated rings. The summed E-state index contributed by atoms with van der Waals surface area (Å²) in [6, 6.07) is 15.1. The molecule has 1 saturated heterocycles. The Hall–Kier alpha value is -2.71. The molecular formula is C19H19ClN4O. The van der Waals surface area contributed by atoms with Gasteiger partial charge in [-0.05, 0) is 36.8 Å². The summed E-state index contributed by atoms with van der Waals surface area (Å²) in [4.78, 5) is 16.4. The standard InChI is InChI=1S/C19H19ClN4O/c1-14-6-7-16(12-17(14)20)22-19(25)24-10-8-23(9-11-24)18-5-3-2-4-15(18)13-21/h2-7,12H,8-11H2,1H3,(H,22,25). The molecule has 0 bridgehead atoms. The molecule has 5 nitrogen and oxygen atoms in total. The third-order valence-electron chi connectivity index (χ3n) is 4.36. The minimum Gasteiger partial charge on any atom is -0.367 e. The summed E-state index contributed by atoms with van der Waals surface area (Å²) >= 11 is 6.10. The number of nitrogens with zero attached hydrogens (tertiary/aromatic N) is 3. The molecule has 1 aliphatic heterocycles. The first-order valence-electron chi connectivity index (χ1n) is 8.14. The Labute approximate surface area is 152 Å². The van der Waals surface area contributed by atoms with Gasteiger partial charge in [-0.1, -0.05) is 29.8 Å². The van der Waals surface area contributed by atoms with Crippen molar-refractivity contribution in [3.8, 4) is 6.07 Å². The van der Waals surface area contributed by atoms with E-state index < -0.39 is 0 Å². The van der Waals surface area contributed by atoms with Gasteiger partial charge in [-0.2, -0.15) is 5.26 Å². The zero-order valence-corrected chi connectivity index (χ0v) is 14.8. The maximum absolute atomic E-state index is 12.4. The van der Waals surface area contributed by atoms with Crippen molar-refractivity contribution in [3.63, 3.8) is 0 Å². The molecule has 2 aromatic carbocycles. The Morgan fingerprint density at radius 3 is 2.56 bits per heavy atom. The van der Waals surface area contributed by atoms with Gasteiger partial charge in [0, 0.05) is 36.9 Å². The maximum Gasteiger partial charge on any atom is 0.321 e. The number of halogens is 1. The highest BCUT2D eigenvalue weighted by Crippen LogP contribution is 2.22. The fourth-order valence-electron chi connectivity index (χ4n) is 2.87. The number of aryl methyl sites for hydroxylation is 1. The molecule has 1 N–H and O–H groups in total. The topological polar surface area (TPSA) is 59.4 Å². The highest BCUT2D eigenvalue weighted by atomic mass is 35.5. The Balaban J connectivity index is 1.61. The smallest absolute Gasteiger partial charge is 0.321 e. The van der Waals surface area contributed by atoms with Crippen LogP contribution in [0.5, 0.6) is 0 Å². The normalized spacial score (nSPS) is 14.1. The Morgan fingerprint density at radius 1 is 1.16 bits per heavy atom. The van der Waals surface area contributed by atoms with Crippen LogP contribution < -0.4 is 10.2 Å². The van der Waals surface area contributed by atoms with E-state index in [1.165, 1.54) is 0 Å². The summed E-state index contributed by atoms with van der Waals surface area (Å²) in [7, 11) is 0. The highest BCUT2D eigenvalue weighted by molar-refractivity contribution is 6.31. The lowest BCUT2D eigenvalue weighted by molar-refractivity contribution is 0.208. The number of nitriles is 1. The largest absolute Gasteiger partial charge is 0.367 e. The number of amides is 2. The van der Waals surface area contributed by atoms with Crippen molar-refractivity contribution >= 4 is 29.0 Å². The van der Waals surface area contributed by atoms with Crippen LogP contribution in [-0.4, -0.2) is 37.1 Å². The van der Waals surface area contributed by atoms with Crippen LogP contribution in [0.15, 0.2) is 42.5 Å². The number of anilines is 2. The van der Waals surface area contributed by atoms with Gasteiger partial charge in [-0.15, -0.1) is 0 Å². The second-order valence-corrected chi connectivity index (χ2v) is 6.40. The number of carbonyl (C=O) groups is 1. The molecule has 1 heterocycles. The number of hydrogen-bond donors (Lipinski definition) is 1. The molecule has 6 heteroatoms. The molecule has 3 rings (SSSR count). The molecule has 0 aliphatic carbocycles. The predicted octanol–water partition coefficient (Wildman–Crippen LogP) is 3.87. The van der Waals surface area contributed by atoms with E-state index in [0.717, 1.165) is 11.3 Å². The third-order valence-corrected chi connectivity index (χ3v) is 4.76. The number of rotatable bonds is 2. The van der Waals surface area contributed by atoms with Crippen LogP contribution >= 0.6 is 11.6 Å². The van der Waals surface area contributed by atoms with Crippen LogP contribution in [0, 0.1) is 18.3 Å². The monoisotopic (exact) mass is 354 g/mol. The van der Waals surface area contributed by atoms with E-state index in [4.69, 9.17) is 11.6 Å². The van der Waals surface area contributed by atoms with Gasteiger partial charge in [0.1, 0.15) is 6.07 Å². The maximum atomic E-state index is 12.4. The predicted molar refractivity (Wildman–Crippen MR) is 100 cm³/mol. The first-order chi connectivity index (χ1) is 12.1. The van der Waals surface area contributed by atoms with Crippen LogP contribution in [0.25, 0.3) is 0 Å². The van der Waals surface area contributed by atoms with Crippen LogP contribution in [-0.2, 0) is 0 Å². The molecule has 0 radical (unpaired) electrons. The van der Waals surface area contributed by atoms with Gasteiger partial charge in [-0.3, -0.25) is 0 Å². The van der Waals surface area contributed by atoms with Crippen LogP contribution in [0.2, 0.25) is 5.02 Å². The molecule has 2 amide bonds. The van der Waals surface area contributed by atoms with Crippen molar-refractivity contribution < 1.29 is 4.79 Å². The number of hydrogen-bond acceptors (Lipinski definition) is 3. The molecule has 1 aliphatic rings. The van der Waals surface area contributed by atoms with Crippen LogP contribution in [0.1, 0.15) is 11.1 Å². The lowest BCUT2D eigenvalue weighted by atomic mass is 10.1.